The third kappa shape index (κ3) is 11.6. The van der Waals surface area contributed by atoms with E-state index < -0.39 is 23.8 Å². The van der Waals surface area contributed by atoms with E-state index >= 15 is 0 Å². The minimum absolute atomic E-state index is 0.186. The number of hydrogen-bond donors (Lipinski definition) is 2. The quantitative estimate of drug-likeness (QED) is 0.265. The second-order valence-electron chi connectivity index (χ2n) is 11.0. The van der Waals surface area contributed by atoms with Gasteiger partial charge in [-0.1, -0.05) is 70.6 Å². The Morgan fingerprint density at radius 3 is 2.05 bits per heavy atom. The number of nitrogens with one attached hydrogen (secondary N) is 2. The van der Waals surface area contributed by atoms with Gasteiger partial charge in [-0.2, -0.15) is 0 Å². The van der Waals surface area contributed by atoms with Gasteiger partial charge in [0.05, 0.1) is 0 Å². The fraction of sp³-hybridized carbons (Fsp3) is 0.700. The van der Waals surface area contributed by atoms with Crippen molar-refractivity contribution in [3.8, 4) is 0 Å². The number of rotatable bonds is 15. The Kier molecular flexibility index (Phi) is 14.3. The number of amides is 3. The molecule has 0 aromatic heterocycles. The zero-order valence-electron chi connectivity index (χ0n) is 24.5. The third-order valence-electron chi connectivity index (χ3n) is 6.34. The maximum absolute atomic E-state index is 13.9. The first-order valence-electron chi connectivity index (χ1n) is 14.1. The molecular weight excluding hydrogens is 466 g/mol. The van der Waals surface area contributed by atoms with Crippen LogP contribution in [0.25, 0.3) is 0 Å². The molecule has 2 unspecified atom stereocenters. The van der Waals surface area contributed by atoms with Crippen LogP contribution in [0.2, 0.25) is 0 Å². The molecule has 0 aliphatic rings. The summed E-state index contributed by atoms with van der Waals surface area (Å²) in [5.74, 6) is -0.479. The Morgan fingerprint density at radius 2 is 1.49 bits per heavy atom. The van der Waals surface area contributed by atoms with Gasteiger partial charge in [0.1, 0.15) is 17.7 Å². The molecule has 2 N–H and O–H groups in total. The van der Waals surface area contributed by atoms with Crippen molar-refractivity contribution in [3.63, 3.8) is 0 Å². The van der Waals surface area contributed by atoms with Crippen molar-refractivity contribution in [1.29, 1.82) is 0 Å². The molecule has 0 aliphatic carbocycles. The minimum atomic E-state index is -0.842. The van der Waals surface area contributed by atoms with Crippen LogP contribution in [0.15, 0.2) is 18.2 Å². The molecule has 0 bridgehead atoms. The standard InChI is InChI=1S/C30H51N3O4/c1-9-11-13-14-15-16-21-33(28(35)24(5)32-29(36)37-30(6,7)8)26(27(34)31-20-12-10-2)25-22(3)18-17-19-23(25)4/h17-19,24,26H,9-16,20-21H2,1-8H3,(H,31,34)(H,32,36). The van der Waals surface area contributed by atoms with Gasteiger partial charge in [0.2, 0.25) is 11.8 Å². The Hall–Kier alpha value is -2.57. The van der Waals surface area contributed by atoms with Gasteiger partial charge < -0.3 is 20.3 Å². The number of carbonyl (C=O) groups excluding carboxylic acids is 3. The molecule has 0 aliphatic heterocycles. The van der Waals surface area contributed by atoms with Gasteiger partial charge in [0, 0.05) is 13.1 Å². The predicted octanol–water partition coefficient (Wildman–Crippen LogP) is 6.36. The molecule has 1 rings (SSSR count). The van der Waals surface area contributed by atoms with Crippen LogP contribution in [0.5, 0.6) is 0 Å². The summed E-state index contributed by atoms with van der Waals surface area (Å²) < 4.78 is 5.37. The highest BCUT2D eigenvalue weighted by atomic mass is 16.6. The molecule has 3 amide bonds. The van der Waals surface area contributed by atoms with Gasteiger partial charge in [-0.3, -0.25) is 9.59 Å². The van der Waals surface area contributed by atoms with Crippen molar-refractivity contribution in [2.75, 3.05) is 13.1 Å². The SMILES string of the molecule is CCCCCCCCN(C(=O)C(C)NC(=O)OC(C)(C)C)C(C(=O)NCCCC)c1c(C)cccc1C. The van der Waals surface area contributed by atoms with Crippen LogP contribution in [0.3, 0.4) is 0 Å². The minimum Gasteiger partial charge on any atom is -0.444 e. The van der Waals surface area contributed by atoms with Crippen LogP contribution in [0.4, 0.5) is 4.79 Å². The highest BCUT2D eigenvalue weighted by molar-refractivity contribution is 5.92. The first kappa shape index (κ1) is 32.5. The summed E-state index contributed by atoms with van der Waals surface area (Å²) in [6, 6.07) is 4.30. The van der Waals surface area contributed by atoms with E-state index in [1.165, 1.54) is 19.3 Å². The first-order valence-corrected chi connectivity index (χ1v) is 14.1. The molecule has 0 heterocycles. The summed E-state index contributed by atoms with van der Waals surface area (Å²) in [6.07, 6.45) is 7.59. The average Bonchev–Trinajstić information content (AvgIpc) is 2.80. The van der Waals surface area contributed by atoms with Gasteiger partial charge >= 0.3 is 6.09 Å². The van der Waals surface area contributed by atoms with Crippen LogP contribution >= 0.6 is 0 Å². The van der Waals surface area contributed by atoms with E-state index in [2.05, 4.69) is 24.5 Å². The van der Waals surface area contributed by atoms with Crippen molar-refractivity contribution < 1.29 is 19.1 Å². The number of alkyl carbamates (subject to hydrolysis) is 1. The van der Waals surface area contributed by atoms with Crippen molar-refractivity contribution in [2.24, 2.45) is 0 Å². The van der Waals surface area contributed by atoms with Crippen molar-refractivity contribution in [1.82, 2.24) is 15.5 Å². The zero-order chi connectivity index (χ0) is 28.0. The molecule has 210 valence electrons. The van der Waals surface area contributed by atoms with Gasteiger partial charge in [-0.05, 0) is 71.1 Å². The van der Waals surface area contributed by atoms with Crippen molar-refractivity contribution >= 4 is 17.9 Å². The van der Waals surface area contributed by atoms with Crippen LogP contribution < -0.4 is 10.6 Å². The summed E-state index contributed by atoms with van der Waals surface area (Å²) in [7, 11) is 0. The van der Waals surface area contributed by atoms with Crippen LogP contribution in [0.1, 0.15) is 116 Å². The highest BCUT2D eigenvalue weighted by Gasteiger charge is 2.35. The van der Waals surface area contributed by atoms with Gasteiger partial charge in [-0.25, -0.2) is 4.79 Å². The van der Waals surface area contributed by atoms with Crippen molar-refractivity contribution in [2.45, 2.75) is 124 Å². The molecule has 7 nitrogen and oxygen atoms in total. The summed E-state index contributed by atoms with van der Waals surface area (Å²) in [4.78, 5) is 41.6. The average molecular weight is 518 g/mol. The lowest BCUT2D eigenvalue weighted by molar-refractivity contribution is -0.142. The molecule has 37 heavy (non-hydrogen) atoms. The van der Waals surface area contributed by atoms with Crippen LogP contribution in [-0.4, -0.2) is 47.5 Å². The molecular formula is C30H51N3O4. The van der Waals surface area contributed by atoms with E-state index in [0.717, 1.165) is 48.8 Å². The summed E-state index contributed by atoms with van der Waals surface area (Å²) in [6.45, 7) is 16.2. The maximum atomic E-state index is 13.9. The van der Waals surface area contributed by atoms with Crippen molar-refractivity contribution in [3.05, 3.63) is 34.9 Å². The number of carbonyl (C=O) groups is 3. The lowest BCUT2D eigenvalue weighted by atomic mass is 9.93. The molecule has 1 aromatic carbocycles. The number of ether oxygens (including phenoxy) is 1. The highest BCUT2D eigenvalue weighted by Crippen LogP contribution is 2.29. The molecule has 2 atom stereocenters. The van der Waals surface area contributed by atoms with E-state index in [9.17, 15) is 14.4 Å². The van der Waals surface area contributed by atoms with Gasteiger partial charge in [0.25, 0.3) is 0 Å². The smallest absolute Gasteiger partial charge is 0.408 e. The summed E-state index contributed by atoms with van der Waals surface area (Å²) >= 11 is 0. The lowest BCUT2D eigenvalue weighted by Gasteiger charge is -2.35. The molecule has 0 saturated heterocycles. The fourth-order valence-electron chi connectivity index (χ4n) is 4.40. The topological polar surface area (TPSA) is 87.7 Å². The number of hydrogen-bond acceptors (Lipinski definition) is 4. The molecule has 0 radical (unpaired) electrons. The molecule has 0 spiro atoms. The largest absolute Gasteiger partial charge is 0.444 e. The van der Waals surface area contributed by atoms with E-state index in [0.29, 0.717) is 13.1 Å². The van der Waals surface area contributed by atoms with E-state index in [-0.39, 0.29) is 11.8 Å². The van der Waals surface area contributed by atoms with Crippen LogP contribution in [-0.2, 0) is 14.3 Å². The van der Waals surface area contributed by atoms with E-state index in [4.69, 9.17) is 4.74 Å². The fourth-order valence-corrected chi connectivity index (χ4v) is 4.40. The normalized spacial score (nSPS) is 13.0. The van der Waals surface area contributed by atoms with Gasteiger partial charge in [-0.15, -0.1) is 0 Å². The second kappa shape index (κ2) is 16.3. The second-order valence-corrected chi connectivity index (χ2v) is 11.0. The third-order valence-corrected chi connectivity index (χ3v) is 6.34. The molecule has 1 aromatic rings. The molecule has 0 saturated carbocycles. The Labute approximate surface area is 225 Å². The van der Waals surface area contributed by atoms with Gasteiger partial charge in [0.15, 0.2) is 0 Å². The number of benzene rings is 1. The predicted molar refractivity (Wildman–Crippen MR) is 150 cm³/mol. The van der Waals surface area contributed by atoms with E-state index in [1.54, 1.807) is 32.6 Å². The number of aryl methyl sites for hydroxylation is 2. The summed E-state index contributed by atoms with van der Waals surface area (Å²) in [5.41, 5.74) is 2.10. The van der Waals surface area contributed by atoms with E-state index in [1.807, 2.05) is 32.0 Å². The number of nitrogens with zero attached hydrogens (tertiary/aromatic N) is 1. The Bertz CT molecular complexity index is 843. The first-order chi connectivity index (χ1) is 17.4. The molecule has 0 fully saturated rings. The zero-order valence-corrected chi connectivity index (χ0v) is 24.5. The Morgan fingerprint density at radius 1 is 0.919 bits per heavy atom. The summed E-state index contributed by atoms with van der Waals surface area (Å²) in [5, 5.41) is 5.73. The monoisotopic (exact) mass is 517 g/mol. The Balaban J connectivity index is 3.32. The number of unbranched alkanes of at least 4 members (excludes halogenated alkanes) is 6. The molecule has 7 heteroatoms. The lowest BCUT2D eigenvalue weighted by Crippen LogP contribution is -2.52. The van der Waals surface area contributed by atoms with Crippen LogP contribution in [0, 0.1) is 13.8 Å². The maximum Gasteiger partial charge on any atom is 0.408 e.